The molecule has 0 aromatic heterocycles. The van der Waals surface area contributed by atoms with Gasteiger partial charge in [-0.2, -0.15) is 13.2 Å². The Kier molecular flexibility index (Phi) is 6.25. The van der Waals surface area contributed by atoms with Gasteiger partial charge in [-0.05, 0) is 45.5 Å². The number of likely N-dealkylation sites (N-methyl/N-ethyl adjacent to an activating group) is 1. The number of hydrogen-bond acceptors (Lipinski definition) is 2. The van der Waals surface area contributed by atoms with E-state index >= 15 is 0 Å². The molecule has 6 heteroatoms. The molecule has 0 unspecified atom stereocenters. The molecular formula is C15H22BrF3N2. The van der Waals surface area contributed by atoms with Gasteiger partial charge in [-0.3, -0.25) is 0 Å². The Bertz CT molecular complexity index is 467. The lowest BCUT2D eigenvalue weighted by Crippen LogP contribution is -2.40. The van der Waals surface area contributed by atoms with Gasteiger partial charge in [0, 0.05) is 29.6 Å². The van der Waals surface area contributed by atoms with Crippen LogP contribution in [0.4, 0.5) is 13.2 Å². The first kappa shape index (κ1) is 18.5. The molecule has 1 N–H and O–H groups in total. The summed E-state index contributed by atoms with van der Waals surface area (Å²) in [6, 6.07) is 4.38. The molecule has 1 aromatic carbocycles. The van der Waals surface area contributed by atoms with Gasteiger partial charge < -0.3 is 10.2 Å². The third-order valence-electron chi connectivity index (χ3n) is 2.94. The number of benzene rings is 1. The molecule has 0 aliphatic carbocycles. The topological polar surface area (TPSA) is 15.3 Å². The van der Waals surface area contributed by atoms with Gasteiger partial charge in [0.2, 0.25) is 0 Å². The van der Waals surface area contributed by atoms with Crippen molar-refractivity contribution in [3.8, 4) is 0 Å². The molecule has 21 heavy (non-hydrogen) atoms. The molecule has 0 saturated carbocycles. The average Bonchev–Trinajstić information content (AvgIpc) is 2.28. The van der Waals surface area contributed by atoms with E-state index in [1.807, 2.05) is 11.9 Å². The van der Waals surface area contributed by atoms with Crippen LogP contribution in [0.3, 0.4) is 0 Å². The second-order valence-electron chi connectivity index (χ2n) is 6.23. The lowest BCUT2D eigenvalue weighted by Gasteiger charge is -2.24. The molecule has 0 bridgehead atoms. The third kappa shape index (κ3) is 6.80. The Hall–Kier alpha value is -0.590. The zero-order chi connectivity index (χ0) is 16.3. The molecule has 0 heterocycles. The molecule has 1 rings (SSSR count). The highest BCUT2D eigenvalue weighted by Crippen LogP contribution is 2.35. The van der Waals surface area contributed by atoms with Crippen molar-refractivity contribution in [3.05, 3.63) is 33.8 Å². The Morgan fingerprint density at radius 2 is 1.81 bits per heavy atom. The van der Waals surface area contributed by atoms with Gasteiger partial charge in [0.15, 0.2) is 0 Å². The van der Waals surface area contributed by atoms with E-state index in [4.69, 9.17) is 0 Å². The van der Waals surface area contributed by atoms with Crippen molar-refractivity contribution < 1.29 is 13.2 Å². The summed E-state index contributed by atoms with van der Waals surface area (Å²) in [5, 5.41) is 3.35. The molecular weight excluding hydrogens is 345 g/mol. The Balaban J connectivity index is 2.63. The maximum atomic E-state index is 12.8. The molecule has 0 aliphatic heterocycles. The summed E-state index contributed by atoms with van der Waals surface area (Å²) in [4.78, 5) is 2.00. The van der Waals surface area contributed by atoms with Gasteiger partial charge in [-0.25, -0.2) is 0 Å². The van der Waals surface area contributed by atoms with Gasteiger partial charge in [-0.1, -0.05) is 22.0 Å². The summed E-state index contributed by atoms with van der Waals surface area (Å²) in [5.74, 6) is 0. The maximum Gasteiger partial charge on any atom is 0.417 e. The second kappa shape index (κ2) is 7.11. The zero-order valence-corrected chi connectivity index (χ0v) is 14.4. The summed E-state index contributed by atoms with van der Waals surface area (Å²) in [6.07, 6.45) is -4.33. The van der Waals surface area contributed by atoms with Crippen LogP contribution in [-0.4, -0.2) is 30.6 Å². The van der Waals surface area contributed by atoms with Crippen LogP contribution in [0.5, 0.6) is 0 Å². The molecule has 0 saturated heterocycles. The summed E-state index contributed by atoms with van der Waals surface area (Å²) >= 11 is 2.95. The molecule has 0 radical (unpaired) electrons. The number of halogens is 4. The lowest BCUT2D eigenvalue weighted by molar-refractivity contribution is -0.138. The quantitative estimate of drug-likeness (QED) is 0.836. The van der Waals surface area contributed by atoms with Gasteiger partial charge >= 0.3 is 6.18 Å². The summed E-state index contributed by atoms with van der Waals surface area (Å²) in [7, 11) is 1.90. The van der Waals surface area contributed by atoms with E-state index < -0.39 is 11.7 Å². The molecule has 0 atom stereocenters. The highest BCUT2D eigenvalue weighted by atomic mass is 79.9. The number of nitrogens with one attached hydrogen (secondary N) is 1. The van der Waals surface area contributed by atoms with Gasteiger partial charge in [0.05, 0.1) is 5.56 Å². The fraction of sp³-hybridized carbons (Fsp3) is 0.600. The van der Waals surface area contributed by atoms with Crippen LogP contribution < -0.4 is 5.32 Å². The van der Waals surface area contributed by atoms with Crippen molar-refractivity contribution in [2.45, 2.75) is 39.0 Å². The van der Waals surface area contributed by atoms with Crippen molar-refractivity contribution in [2.75, 3.05) is 20.1 Å². The van der Waals surface area contributed by atoms with Crippen molar-refractivity contribution in [1.29, 1.82) is 0 Å². The third-order valence-corrected chi connectivity index (χ3v) is 3.63. The number of alkyl halides is 3. The Morgan fingerprint density at radius 1 is 1.19 bits per heavy atom. The fourth-order valence-electron chi connectivity index (χ4n) is 1.90. The second-order valence-corrected chi connectivity index (χ2v) is 7.08. The predicted molar refractivity (Wildman–Crippen MR) is 83.2 cm³/mol. The summed E-state index contributed by atoms with van der Waals surface area (Å²) in [6.45, 7) is 8.30. The average molecular weight is 367 g/mol. The van der Waals surface area contributed by atoms with Crippen LogP contribution in [0.2, 0.25) is 0 Å². The Morgan fingerprint density at radius 3 is 2.33 bits per heavy atom. The minimum atomic E-state index is -4.33. The van der Waals surface area contributed by atoms with Crippen LogP contribution in [0.1, 0.15) is 31.9 Å². The monoisotopic (exact) mass is 366 g/mol. The standard InChI is InChI=1S/C15H22BrF3N2/c1-14(2,3)20-7-8-21(4)10-11-5-6-13(16)12(9-11)15(17,18)19/h5-6,9,20H,7-8,10H2,1-4H3. The summed E-state index contributed by atoms with van der Waals surface area (Å²) in [5.41, 5.74) is 0.0760. The van der Waals surface area contributed by atoms with E-state index in [1.165, 1.54) is 12.1 Å². The van der Waals surface area contributed by atoms with E-state index in [0.717, 1.165) is 13.1 Å². The van der Waals surface area contributed by atoms with Gasteiger partial charge in [-0.15, -0.1) is 0 Å². The highest BCUT2D eigenvalue weighted by Gasteiger charge is 2.33. The van der Waals surface area contributed by atoms with Crippen molar-refractivity contribution >= 4 is 15.9 Å². The molecule has 0 fully saturated rings. The van der Waals surface area contributed by atoms with E-state index in [9.17, 15) is 13.2 Å². The minimum Gasteiger partial charge on any atom is -0.311 e. The van der Waals surface area contributed by atoms with Crippen molar-refractivity contribution in [2.24, 2.45) is 0 Å². The predicted octanol–water partition coefficient (Wildman–Crippen LogP) is 4.29. The van der Waals surface area contributed by atoms with Crippen LogP contribution in [0, 0.1) is 0 Å². The molecule has 0 aliphatic rings. The van der Waals surface area contributed by atoms with E-state index in [1.54, 1.807) is 6.07 Å². The molecule has 0 amide bonds. The molecule has 1 aromatic rings. The number of rotatable bonds is 5. The molecule has 2 nitrogen and oxygen atoms in total. The van der Waals surface area contributed by atoms with Crippen molar-refractivity contribution in [1.82, 2.24) is 10.2 Å². The van der Waals surface area contributed by atoms with Crippen molar-refractivity contribution in [3.63, 3.8) is 0 Å². The maximum absolute atomic E-state index is 12.8. The largest absolute Gasteiger partial charge is 0.417 e. The van der Waals surface area contributed by atoms with Crippen LogP contribution in [0.15, 0.2) is 22.7 Å². The first-order chi connectivity index (χ1) is 9.49. The van der Waals surface area contributed by atoms with Gasteiger partial charge in [0.1, 0.15) is 0 Å². The first-order valence-electron chi connectivity index (χ1n) is 6.78. The normalized spacial score (nSPS) is 13.0. The zero-order valence-electron chi connectivity index (χ0n) is 12.8. The number of nitrogens with zero attached hydrogens (tertiary/aromatic N) is 1. The highest BCUT2D eigenvalue weighted by molar-refractivity contribution is 9.10. The first-order valence-corrected chi connectivity index (χ1v) is 7.57. The van der Waals surface area contributed by atoms with E-state index in [2.05, 4.69) is 42.0 Å². The molecule has 120 valence electrons. The van der Waals surface area contributed by atoms with Crippen LogP contribution in [0.25, 0.3) is 0 Å². The van der Waals surface area contributed by atoms with E-state index in [-0.39, 0.29) is 10.0 Å². The number of hydrogen-bond donors (Lipinski definition) is 1. The fourth-order valence-corrected chi connectivity index (χ4v) is 2.37. The molecule has 0 spiro atoms. The van der Waals surface area contributed by atoms with Crippen LogP contribution >= 0.6 is 15.9 Å². The Labute approximate surface area is 132 Å². The summed E-state index contributed by atoms with van der Waals surface area (Å²) < 4.78 is 38.6. The smallest absolute Gasteiger partial charge is 0.311 e. The lowest BCUT2D eigenvalue weighted by atomic mass is 10.1. The van der Waals surface area contributed by atoms with Crippen LogP contribution in [-0.2, 0) is 12.7 Å². The SMILES string of the molecule is CN(CCNC(C)(C)C)Cc1ccc(Br)c(C(F)(F)F)c1. The minimum absolute atomic E-state index is 0.0436. The van der Waals surface area contributed by atoms with Gasteiger partial charge in [0.25, 0.3) is 0 Å². The van der Waals surface area contributed by atoms with E-state index in [0.29, 0.717) is 12.1 Å².